The molecule has 0 bridgehead atoms. The van der Waals surface area contributed by atoms with Gasteiger partial charge in [0.05, 0.1) is 7.11 Å². The first-order valence-electron chi connectivity index (χ1n) is 10.4. The molecular formula is C22H29N3O5S2. The fourth-order valence-electron chi connectivity index (χ4n) is 3.66. The van der Waals surface area contributed by atoms with Gasteiger partial charge in [0.2, 0.25) is 15.9 Å². The first-order chi connectivity index (χ1) is 15.2. The van der Waals surface area contributed by atoms with Crippen LogP contribution in [-0.4, -0.2) is 63.2 Å². The first-order valence-corrected chi connectivity index (χ1v) is 12.8. The number of ether oxygens (including phenoxy) is 1. The molecule has 1 aliphatic rings. The highest BCUT2D eigenvalue weighted by Gasteiger charge is 2.30. The van der Waals surface area contributed by atoms with Crippen LogP contribution in [0.2, 0.25) is 0 Å². The number of nitrogens with zero attached hydrogens (tertiary/aromatic N) is 2. The minimum Gasteiger partial charge on any atom is -0.495 e. The van der Waals surface area contributed by atoms with E-state index in [-0.39, 0.29) is 22.1 Å². The van der Waals surface area contributed by atoms with Crippen molar-refractivity contribution in [2.45, 2.75) is 43.7 Å². The zero-order valence-corrected chi connectivity index (χ0v) is 20.4. The van der Waals surface area contributed by atoms with Gasteiger partial charge in [-0.2, -0.15) is 0 Å². The Hall–Kier alpha value is -2.43. The Morgan fingerprint density at radius 2 is 2.03 bits per heavy atom. The SMILES string of the molecule is CCCC(NC(=O)c1ccc(OC)c(S(=O)(=O)N(C)C)c1)C(=O)N1CCc2sccc2C1. The van der Waals surface area contributed by atoms with Crippen LogP contribution in [0.3, 0.4) is 0 Å². The van der Waals surface area contributed by atoms with Crippen LogP contribution >= 0.6 is 11.3 Å². The van der Waals surface area contributed by atoms with Gasteiger partial charge in [0, 0.05) is 37.6 Å². The molecule has 1 aromatic heterocycles. The van der Waals surface area contributed by atoms with E-state index in [1.807, 2.05) is 18.4 Å². The minimum atomic E-state index is -3.82. The Balaban J connectivity index is 1.81. The second-order valence-corrected chi connectivity index (χ2v) is 11.0. The molecule has 2 heterocycles. The van der Waals surface area contributed by atoms with Gasteiger partial charge >= 0.3 is 0 Å². The van der Waals surface area contributed by atoms with Crippen molar-refractivity contribution in [2.24, 2.45) is 0 Å². The molecule has 1 unspecified atom stereocenters. The van der Waals surface area contributed by atoms with Crippen LogP contribution in [0, 0.1) is 0 Å². The molecule has 1 N–H and O–H groups in total. The average Bonchev–Trinajstić information content (AvgIpc) is 3.25. The van der Waals surface area contributed by atoms with Gasteiger partial charge in [-0.15, -0.1) is 11.3 Å². The molecule has 1 atom stereocenters. The molecule has 0 fully saturated rings. The van der Waals surface area contributed by atoms with Crippen molar-refractivity contribution >= 4 is 33.2 Å². The number of methoxy groups -OCH3 is 1. The number of carbonyl (C=O) groups is 2. The molecule has 0 saturated heterocycles. The molecule has 2 aromatic rings. The van der Waals surface area contributed by atoms with Crippen molar-refractivity contribution in [1.29, 1.82) is 0 Å². The topological polar surface area (TPSA) is 96.0 Å². The molecule has 10 heteroatoms. The molecule has 0 saturated carbocycles. The number of thiophene rings is 1. The Bertz CT molecular complexity index is 1090. The third kappa shape index (κ3) is 4.97. The Labute approximate surface area is 193 Å². The predicted octanol–water partition coefficient (Wildman–Crippen LogP) is 2.49. The van der Waals surface area contributed by atoms with E-state index < -0.39 is 22.0 Å². The van der Waals surface area contributed by atoms with Gasteiger partial charge in [-0.3, -0.25) is 9.59 Å². The van der Waals surface area contributed by atoms with Crippen molar-refractivity contribution in [3.8, 4) is 5.75 Å². The summed E-state index contributed by atoms with van der Waals surface area (Å²) in [4.78, 5) is 29.2. The summed E-state index contributed by atoms with van der Waals surface area (Å²) >= 11 is 1.70. The predicted molar refractivity (Wildman–Crippen MR) is 123 cm³/mol. The van der Waals surface area contributed by atoms with Crippen LogP contribution in [0.5, 0.6) is 5.75 Å². The Kier molecular flexibility index (Phi) is 7.58. The zero-order chi connectivity index (χ0) is 23.5. The summed E-state index contributed by atoms with van der Waals surface area (Å²) in [6.45, 7) is 3.12. The van der Waals surface area contributed by atoms with E-state index >= 15 is 0 Å². The fourth-order valence-corrected chi connectivity index (χ4v) is 5.63. The lowest BCUT2D eigenvalue weighted by atomic mass is 10.1. The Morgan fingerprint density at radius 3 is 2.69 bits per heavy atom. The van der Waals surface area contributed by atoms with E-state index in [0.29, 0.717) is 19.5 Å². The summed E-state index contributed by atoms with van der Waals surface area (Å²) in [5.74, 6) is -0.467. The Morgan fingerprint density at radius 1 is 1.28 bits per heavy atom. The van der Waals surface area contributed by atoms with Gasteiger partial charge in [0.15, 0.2) is 0 Å². The fraction of sp³-hybridized carbons (Fsp3) is 0.455. The van der Waals surface area contributed by atoms with E-state index in [2.05, 4.69) is 5.32 Å². The highest BCUT2D eigenvalue weighted by Crippen LogP contribution is 2.27. The summed E-state index contributed by atoms with van der Waals surface area (Å²) in [6.07, 6.45) is 2.03. The summed E-state index contributed by atoms with van der Waals surface area (Å²) < 4.78 is 31.6. The average molecular weight is 480 g/mol. The number of rotatable bonds is 8. The summed E-state index contributed by atoms with van der Waals surface area (Å²) in [5, 5.41) is 4.85. The normalized spacial score (nSPS) is 14.7. The maximum atomic E-state index is 13.2. The van der Waals surface area contributed by atoms with E-state index in [1.165, 1.54) is 44.3 Å². The van der Waals surface area contributed by atoms with Crippen molar-refractivity contribution in [1.82, 2.24) is 14.5 Å². The van der Waals surface area contributed by atoms with Crippen LogP contribution in [-0.2, 0) is 27.8 Å². The first kappa shape index (κ1) is 24.2. The number of nitrogens with one attached hydrogen (secondary N) is 1. The number of benzene rings is 1. The van der Waals surface area contributed by atoms with Crippen LogP contribution < -0.4 is 10.1 Å². The highest BCUT2D eigenvalue weighted by molar-refractivity contribution is 7.89. The lowest BCUT2D eigenvalue weighted by Crippen LogP contribution is -2.49. The number of hydrogen-bond donors (Lipinski definition) is 1. The smallest absolute Gasteiger partial charge is 0.251 e. The molecule has 1 aliphatic heterocycles. The van der Waals surface area contributed by atoms with Crippen LogP contribution in [0.15, 0.2) is 34.5 Å². The van der Waals surface area contributed by atoms with Crippen molar-refractivity contribution in [2.75, 3.05) is 27.7 Å². The standard InChI is InChI=1S/C22H29N3O5S2/c1-5-6-17(22(27)25-11-9-19-16(14-25)10-12-31-19)23-21(26)15-7-8-18(30-4)20(13-15)32(28,29)24(2)3/h7-8,10,12-13,17H,5-6,9,11,14H2,1-4H3,(H,23,26). The monoisotopic (exact) mass is 479 g/mol. The maximum absolute atomic E-state index is 13.2. The van der Waals surface area contributed by atoms with Gasteiger partial charge in [-0.25, -0.2) is 12.7 Å². The number of sulfonamides is 1. The molecule has 8 nitrogen and oxygen atoms in total. The molecule has 0 spiro atoms. The largest absolute Gasteiger partial charge is 0.495 e. The molecule has 0 aliphatic carbocycles. The zero-order valence-electron chi connectivity index (χ0n) is 18.8. The van der Waals surface area contributed by atoms with Crippen molar-refractivity contribution < 1.29 is 22.7 Å². The number of carbonyl (C=O) groups excluding carboxylic acids is 2. The van der Waals surface area contributed by atoms with Crippen LogP contribution in [0.25, 0.3) is 0 Å². The van der Waals surface area contributed by atoms with Crippen molar-refractivity contribution in [3.05, 3.63) is 45.6 Å². The van der Waals surface area contributed by atoms with Gasteiger partial charge in [0.25, 0.3) is 5.91 Å². The van der Waals surface area contributed by atoms with E-state index in [4.69, 9.17) is 4.74 Å². The lowest BCUT2D eigenvalue weighted by Gasteiger charge is -2.31. The number of hydrogen-bond acceptors (Lipinski definition) is 6. The van der Waals surface area contributed by atoms with E-state index in [1.54, 1.807) is 16.2 Å². The number of fused-ring (bicyclic) bond motifs is 1. The number of amides is 2. The molecular weight excluding hydrogens is 450 g/mol. The molecule has 32 heavy (non-hydrogen) atoms. The minimum absolute atomic E-state index is 0.1000. The van der Waals surface area contributed by atoms with Gasteiger partial charge in [-0.1, -0.05) is 13.3 Å². The molecule has 2 amide bonds. The molecule has 3 rings (SSSR count). The van der Waals surface area contributed by atoms with Crippen molar-refractivity contribution in [3.63, 3.8) is 0 Å². The maximum Gasteiger partial charge on any atom is 0.251 e. The van der Waals surface area contributed by atoms with Gasteiger partial charge in [-0.05, 0) is 48.1 Å². The summed E-state index contributed by atoms with van der Waals surface area (Å²) in [5.41, 5.74) is 1.31. The molecule has 0 radical (unpaired) electrons. The second-order valence-electron chi connectivity index (χ2n) is 7.85. The quantitative estimate of drug-likeness (QED) is 0.628. The van der Waals surface area contributed by atoms with E-state index in [9.17, 15) is 18.0 Å². The summed E-state index contributed by atoms with van der Waals surface area (Å²) in [6, 6.07) is 5.59. The molecule has 174 valence electrons. The lowest BCUT2D eigenvalue weighted by molar-refractivity contribution is -0.134. The van der Waals surface area contributed by atoms with Crippen LogP contribution in [0.4, 0.5) is 0 Å². The van der Waals surface area contributed by atoms with Gasteiger partial charge < -0.3 is 15.0 Å². The van der Waals surface area contributed by atoms with E-state index in [0.717, 1.165) is 22.7 Å². The highest BCUT2D eigenvalue weighted by atomic mass is 32.2. The second kappa shape index (κ2) is 10.0. The third-order valence-corrected chi connectivity index (χ3v) is 8.34. The molecule has 1 aromatic carbocycles. The third-order valence-electron chi connectivity index (χ3n) is 5.48. The van der Waals surface area contributed by atoms with Gasteiger partial charge in [0.1, 0.15) is 16.7 Å². The van der Waals surface area contributed by atoms with Crippen LogP contribution in [0.1, 0.15) is 40.6 Å². The summed E-state index contributed by atoms with van der Waals surface area (Å²) in [7, 11) is 0.379.